The van der Waals surface area contributed by atoms with Crippen LogP contribution in [0.5, 0.6) is 5.75 Å². The molecule has 5 heteroatoms. The van der Waals surface area contributed by atoms with Crippen LogP contribution in [0, 0.1) is 0 Å². The van der Waals surface area contributed by atoms with E-state index in [0.717, 1.165) is 6.08 Å². The fourth-order valence-electron chi connectivity index (χ4n) is 0.913. The molecule has 0 bridgehead atoms. The van der Waals surface area contributed by atoms with Crippen LogP contribution >= 0.6 is 11.6 Å². The Balaban J connectivity index is 2.57. The molecule has 4 nitrogen and oxygen atoms in total. The summed E-state index contributed by atoms with van der Waals surface area (Å²) >= 11 is 5.32. The van der Waals surface area contributed by atoms with Gasteiger partial charge in [-0.2, -0.15) is 0 Å². The first-order chi connectivity index (χ1) is 7.72. The number of aliphatic carboxylic acids is 1. The lowest BCUT2D eigenvalue weighted by Gasteiger charge is -2.01. The number of halogens is 1. The lowest BCUT2D eigenvalue weighted by molar-refractivity contribution is -0.131. The highest BCUT2D eigenvalue weighted by Crippen LogP contribution is 2.09. The lowest BCUT2D eigenvalue weighted by atomic mass is 10.3. The van der Waals surface area contributed by atoms with Gasteiger partial charge in [0.2, 0.25) is 0 Å². The third kappa shape index (κ3) is 4.61. The standard InChI is InChI=1S/C11H10ClNO3/c12-6-1-7-16-10-4-2-9(13-8-10)3-5-11(14)15/h1-6,8H,7H2,(H,14,15). The Hall–Kier alpha value is -1.81. The Bertz CT molecular complexity index is 398. The van der Waals surface area contributed by atoms with Crippen LogP contribution in [0.4, 0.5) is 0 Å². The van der Waals surface area contributed by atoms with E-state index in [2.05, 4.69) is 4.98 Å². The molecular formula is C11H10ClNO3. The van der Waals surface area contributed by atoms with Crippen molar-refractivity contribution < 1.29 is 14.6 Å². The van der Waals surface area contributed by atoms with E-state index >= 15 is 0 Å². The second-order valence-corrected chi connectivity index (χ2v) is 3.02. The van der Waals surface area contributed by atoms with Crippen molar-refractivity contribution in [3.05, 3.63) is 41.7 Å². The Labute approximate surface area is 97.8 Å². The molecule has 0 unspecified atom stereocenters. The van der Waals surface area contributed by atoms with Gasteiger partial charge in [-0.3, -0.25) is 4.98 Å². The molecule has 0 aromatic carbocycles. The zero-order valence-electron chi connectivity index (χ0n) is 8.34. The molecule has 0 fully saturated rings. The minimum absolute atomic E-state index is 0.371. The molecule has 0 saturated heterocycles. The summed E-state index contributed by atoms with van der Waals surface area (Å²) in [6.45, 7) is 0.371. The van der Waals surface area contributed by atoms with E-state index in [9.17, 15) is 4.79 Å². The number of hydrogen-bond acceptors (Lipinski definition) is 3. The number of hydrogen-bond donors (Lipinski definition) is 1. The van der Waals surface area contributed by atoms with Crippen molar-refractivity contribution in [3.8, 4) is 5.75 Å². The molecule has 1 rings (SSSR count). The highest BCUT2D eigenvalue weighted by atomic mass is 35.5. The van der Waals surface area contributed by atoms with Crippen LogP contribution < -0.4 is 4.74 Å². The Kier molecular flexibility index (Phi) is 5.08. The van der Waals surface area contributed by atoms with E-state index < -0.39 is 5.97 Å². The molecule has 84 valence electrons. The zero-order chi connectivity index (χ0) is 11.8. The van der Waals surface area contributed by atoms with Gasteiger partial charge in [-0.25, -0.2) is 4.79 Å². The summed E-state index contributed by atoms with van der Waals surface area (Å²) < 4.78 is 5.25. The fraction of sp³-hybridized carbons (Fsp3) is 0.0909. The van der Waals surface area contributed by atoms with E-state index in [-0.39, 0.29) is 0 Å². The summed E-state index contributed by atoms with van der Waals surface area (Å²) in [6.07, 6.45) is 5.60. The summed E-state index contributed by atoms with van der Waals surface area (Å²) in [7, 11) is 0. The van der Waals surface area contributed by atoms with E-state index in [0.29, 0.717) is 18.1 Å². The minimum atomic E-state index is -1.01. The number of ether oxygens (including phenoxy) is 1. The normalized spacial score (nSPS) is 11.1. The summed E-state index contributed by atoms with van der Waals surface area (Å²) in [6, 6.07) is 3.37. The molecule has 0 amide bonds. The molecule has 0 aliphatic carbocycles. The number of carbonyl (C=O) groups is 1. The molecular weight excluding hydrogens is 230 g/mol. The van der Waals surface area contributed by atoms with Gasteiger partial charge >= 0.3 is 5.97 Å². The Morgan fingerprint density at radius 3 is 2.94 bits per heavy atom. The van der Waals surface area contributed by atoms with Crippen LogP contribution in [-0.4, -0.2) is 22.7 Å². The van der Waals surface area contributed by atoms with Gasteiger partial charge in [0.1, 0.15) is 12.4 Å². The van der Waals surface area contributed by atoms with E-state index in [1.807, 2.05) is 0 Å². The van der Waals surface area contributed by atoms with Crippen LogP contribution in [-0.2, 0) is 4.79 Å². The summed E-state index contributed by atoms with van der Waals surface area (Å²) in [5.74, 6) is -0.406. The van der Waals surface area contributed by atoms with Gasteiger partial charge in [0, 0.05) is 11.6 Å². The molecule has 0 saturated carbocycles. The first-order valence-electron chi connectivity index (χ1n) is 4.47. The van der Waals surface area contributed by atoms with Crippen LogP contribution in [0.25, 0.3) is 6.08 Å². The van der Waals surface area contributed by atoms with Crippen molar-refractivity contribution in [2.45, 2.75) is 0 Å². The molecule has 0 aliphatic rings. The van der Waals surface area contributed by atoms with Gasteiger partial charge < -0.3 is 9.84 Å². The van der Waals surface area contributed by atoms with Crippen LogP contribution in [0.3, 0.4) is 0 Å². The maximum Gasteiger partial charge on any atom is 0.328 e. The van der Waals surface area contributed by atoms with E-state index in [1.165, 1.54) is 17.8 Å². The van der Waals surface area contributed by atoms with E-state index in [1.54, 1.807) is 18.2 Å². The maximum absolute atomic E-state index is 10.3. The third-order valence-electron chi connectivity index (χ3n) is 1.59. The fourth-order valence-corrected chi connectivity index (χ4v) is 0.986. The predicted octanol–water partition coefficient (Wildman–Crippen LogP) is 2.31. The SMILES string of the molecule is O=C(O)C=Cc1ccc(OCC=CCl)cn1. The second-order valence-electron chi connectivity index (χ2n) is 2.76. The Morgan fingerprint density at radius 2 is 2.38 bits per heavy atom. The number of pyridine rings is 1. The number of aromatic nitrogens is 1. The van der Waals surface area contributed by atoms with Crippen LogP contribution in [0.1, 0.15) is 5.69 Å². The largest absolute Gasteiger partial charge is 0.488 e. The molecule has 1 aromatic heterocycles. The van der Waals surface area contributed by atoms with Crippen molar-refractivity contribution in [1.29, 1.82) is 0 Å². The van der Waals surface area contributed by atoms with Gasteiger partial charge in [0.05, 0.1) is 11.9 Å². The molecule has 0 spiro atoms. The van der Waals surface area contributed by atoms with Crippen LogP contribution in [0.15, 0.2) is 36.0 Å². The number of nitrogens with zero attached hydrogens (tertiary/aromatic N) is 1. The summed E-state index contributed by atoms with van der Waals surface area (Å²) in [4.78, 5) is 14.3. The number of carboxylic acid groups (broad SMARTS) is 1. The average Bonchev–Trinajstić information content (AvgIpc) is 2.28. The maximum atomic E-state index is 10.3. The highest BCUT2D eigenvalue weighted by molar-refractivity contribution is 6.25. The Morgan fingerprint density at radius 1 is 1.56 bits per heavy atom. The molecule has 16 heavy (non-hydrogen) atoms. The molecule has 0 aliphatic heterocycles. The van der Waals surface area contributed by atoms with Crippen LogP contribution in [0.2, 0.25) is 0 Å². The first-order valence-corrected chi connectivity index (χ1v) is 4.91. The smallest absolute Gasteiger partial charge is 0.328 e. The van der Waals surface area contributed by atoms with Crippen molar-refractivity contribution >= 4 is 23.6 Å². The molecule has 1 heterocycles. The zero-order valence-corrected chi connectivity index (χ0v) is 9.09. The van der Waals surface area contributed by atoms with Crippen molar-refractivity contribution in [2.24, 2.45) is 0 Å². The van der Waals surface area contributed by atoms with Crippen molar-refractivity contribution in [2.75, 3.05) is 6.61 Å². The van der Waals surface area contributed by atoms with E-state index in [4.69, 9.17) is 21.4 Å². The van der Waals surface area contributed by atoms with Crippen molar-refractivity contribution in [1.82, 2.24) is 4.98 Å². The van der Waals surface area contributed by atoms with Gasteiger partial charge in [0.25, 0.3) is 0 Å². The van der Waals surface area contributed by atoms with Gasteiger partial charge in [-0.1, -0.05) is 11.6 Å². The predicted molar refractivity (Wildman–Crippen MR) is 61.4 cm³/mol. The monoisotopic (exact) mass is 239 g/mol. The summed E-state index contributed by atoms with van der Waals surface area (Å²) in [5, 5.41) is 8.41. The topological polar surface area (TPSA) is 59.4 Å². The van der Waals surface area contributed by atoms with Crippen molar-refractivity contribution in [3.63, 3.8) is 0 Å². The summed E-state index contributed by atoms with van der Waals surface area (Å²) in [5.41, 5.74) is 1.93. The highest BCUT2D eigenvalue weighted by Gasteiger charge is 1.94. The lowest BCUT2D eigenvalue weighted by Crippen LogP contribution is -1.94. The molecule has 0 atom stereocenters. The molecule has 0 radical (unpaired) electrons. The van der Waals surface area contributed by atoms with Gasteiger partial charge in [0.15, 0.2) is 0 Å². The van der Waals surface area contributed by atoms with Gasteiger partial charge in [-0.15, -0.1) is 0 Å². The number of carboxylic acids is 1. The minimum Gasteiger partial charge on any atom is -0.488 e. The molecule has 1 N–H and O–H groups in total. The first kappa shape index (κ1) is 12.3. The second kappa shape index (κ2) is 6.63. The van der Waals surface area contributed by atoms with Gasteiger partial charge in [-0.05, 0) is 24.3 Å². The number of rotatable bonds is 5. The quantitative estimate of drug-likeness (QED) is 0.801. The average molecular weight is 240 g/mol. The molecule has 1 aromatic rings. The third-order valence-corrected chi connectivity index (χ3v) is 1.77.